The third kappa shape index (κ3) is 76.3. The molecule has 3 N–H and O–H groups in total. The minimum Gasteiger partial charge on any atom is -0.462 e. The van der Waals surface area contributed by atoms with Crippen LogP contribution in [0.4, 0.5) is 0 Å². The van der Waals surface area contributed by atoms with E-state index in [1.807, 2.05) is 0 Å². The van der Waals surface area contributed by atoms with E-state index in [1.165, 1.54) is 212 Å². The molecule has 0 aromatic rings. The summed E-state index contributed by atoms with van der Waals surface area (Å²) in [5.41, 5.74) is 0. The molecule has 0 saturated carbocycles. The lowest BCUT2D eigenvalue weighted by Crippen LogP contribution is -2.30. The number of allylic oxidation sites excluding steroid dienone is 4. The lowest BCUT2D eigenvalue weighted by atomic mass is 9.99. The Kier molecular flexibility index (Phi) is 72.9. The van der Waals surface area contributed by atoms with Crippen LogP contribution in [0.5, 0.6) is 0 Å². The summed E-state index contributed by atoms with van der Waals surface area (Å²) in [6, 6.07) is 0. The van der Waals surface area contributed by atoms with Gasteiger partial charge in [-0.15, -0.1) is 0 Å². The first-order valence-corrected chi connectivity index (χ1v) is 46.2. The van der Waals surface area contributed by atoms with Gasteiger partial charge in [-0.2, -0.15) is 0 Å². The van der Waals surface area contributed by atoms with Crippen LogP contribution in [0.3, 0.4) is 0 Å². The molecular formula is C85H162O17P2. The van der Waals surface area contributed by atoms with Gasteiger partial charge in [-0.3, -0.25) is 37.3 Å². The number of carbonyl (C=O) groups excluding carboxylic acids is 4. The van der Waals surface area contributed by atoms with Gasteiger partial charge in [0.25, 0.3) is 0 Å². The molecule has 17 nitrogen and oxygen atoms in total. The van der Waals surface area contributed by atoms with Crippen LogP contribution in [-0.2, 0) is 65.4 Å². The van der Waals surface area contributed by atoms with Gasteiger partial charge < -0.3 is 33.8 Å². The molecule has 6 atom stereocenters. The quantitative estimate of drug-likeness (QED) is 0.0169. The smallest absolute Gasteiger partial charge is 0.462 e. The summed E-state index contributed by atoms with van der Waals surface area (Å²) in [4.78, 5) is 73.1. The van der Waals surface area contributed by atoms with Crippen LogP contribution in [0.15, 0.2) is 24.3 Å². The average molecular weight is 1520 g/mol. The Labute approximate surface area is 637 Å². The number of hydrogen-bond acceptors (Lipinski definition) is 15. The third-order valence-electron chi connectivity index (χ3n) is 19.6. The van der Waals surface area contributed by atoms with Crippen molar-refractivity contribution in [3.63, 3.8) is 0 Å². The topological polar surface area (TPSA) is 237 Å². The lowest BCUT2D eigenvalue weighted by molar-refractivity contribution is -0.161. The highest BCUT2D eigenvalue weighted by Crippen LogP contribution is 2.45. The zero-order valence-corrected chi connectivity index (χ0v) is 69.8. The maximum atomic E-state index is 13.1. The minimum atomic E-state index is -4.97. The highest BCUT2D eigenvalue weighted by molar-refractivity contribution is 7.47. The fourth-order valence-corrected chi connectivity index (χ4v) is 14.2. The monoisotopic (exact) mass is 1520 g/mol. The second-order valence-electron chi connectivity index (χ2n) is 31.1. The largest absolute Gasteiger partial charge is 0.472 e. The molecule has 0 amide bonds. The molecule has 0 radical (unpaired) electrons. The van der Waals surface area contributed by atoms with Crippen LogP contribution in [-0.4, -0.2) is 96.7 Å². The molecule has 0 aromatic heterocycles. The molecule has 0 aliphatic carbocycles. The van der Waals surface area contributed by atoms with Gasteiger partial charge in [-0.25, -0.2) is 9.13 Å². The van der Waals surface area contributed by atoms with Crippen molar-refractivity contribution in [3.8, 4) is 0 Å². The first-order valence-electron chi connectivity index (χ1n) is 43.2. The van der Waals surface area contributed by atoms with Crippen LogP contribution in [0.1, 0.15) is 421 Å². The second-order valence-corrected chi connectivity index (χ2v) is 34.0. The van der Waals surface area contributed by atoms with Gasteiger partial charge in [0.05, 0.1) is 26.4 Å². The molecule has 19 heteroatoms. The maximum absolute atomic E-state index is 13.1. The molecule has 614 valence electrons. The summed E-state index contributed by atoms with van der Waals surface area (Å²) >= 11 is 0. The predicted octanol–water partition coefficient (Wildman–Crippen LogP) is 25.3. The van der Waals surface area contributed by atoms with Crippen molar-refractivity contribution in [1.82, 2.24) is 0 Å². The Morgan fingerprint density at radius 1 is 0.317 bits per heavy atom. The Bertz CT molecular complexity index is 2110. The molecule has 0 saturated heterocycles. The molecule has 0 bridgehead atoms. The van der Waals surface area contributed by atoms with E-state index in [-0.39, 0.29) is 25.7 Å². The van der Waals surface area contributed by atoms with Crippen molar-refractivity contribution < 1.29 is 80.2 Å². The van der Waals surface area contributed by atoms with Crippen molar-refractivity contribution >= 4 is 39.5 Å². The highest BCUT2D eigenvalue weighted by Gasteiger charge is 2.30. The Morgan fingerprint density at radius 3 is 0.856 bits per heavy atom. The number of esters is 4. The molecule has 0 fully saturated rings. The fraction of sp³-hybridized carbons (Fsp3) is 0.906. The Balaban J connectivity index is 5.26. The van der Waals surface area contributed by atoms with Gasteiger partial charge in [0.1, 0.15) is 19.3 Å². The van der Waals surface area contributed by atoms with E-state index < -0.39 is 97.5 Å². The molecule has 0 aromatic carbocycles. The van der Waals surface area contributed by atoms with Crippen LogP contribution in [0.2, 0.25) is 0 Å². The standard InChI is InChI=1S/C85H162O17P2/c1-8-10-11-12-13-14-15-16-21-29-34-39-46-54-61-68-85(90)102-81(73-96-83(88)67-60-53-48-41-43-50-57-64-77(5)6)75-100-104(93,94)98-71-79(86)70-97-103(91,92)99-74-80(72-95-82(87)66-59-52-45-38-33-28-25-24-27-32-37-44-51-58-65-78(7)9-2)101-84(89)69-62-55-47-40-35-30-23-20-18-17-19-22-26-31-36-42-49-56-63-76(3)4/h14-16,21,76-81,86H,8-13,17-20,22-75H2,1-7H3,(H,91,92)(H,93,94)/b15-14-,21-16-/t78?,79?,80-,81-/m1/s1. The van der Waals surface area contributed by atoms with Crippen LogP contribution in [0.25, 0.3) is 0 Å². The fourth-order valence-electron chi connectivity index (χ4n) is 12.6. The van der Waals surface area contributed by atoms with Crippen LogP contribution in [0, 0.1) is 17.8 Å². The van der Waals surface area contributed by atoms with E-state index in [0.717, 1.165) is 121 Å². The van der Waals surface area contributed by atoms with E-state index in [2.05, 4.69) is 72.8 Å². The number of aliphatic hydroxyl groups is 1. The van der Waals surface area contributed by atoms with E-state index in [1.54, 1.807) is 0 Å². The van der Waals surface area contributed by atoms with Crippen molar-refractivity contribution in [2.75, 3.05) is 39.6 Å². The van der Waals surface area contributed by atoms with Gasteiger partial charge >= 0.3 is 39.5 Å². The molecule has 104 heavy (non-hydrogen) atoms. The van der Waals surface area contributed by atoms with Gasteiger partial charge in [-0.05, 0) is 69.1 Å². The van der Waals surface area contributed by atoms with Crippen LogP contribution >= 0.6 is 15.6 Å². The Morgan fingerprint density at radius 2 is 0.567 bits per heavy atom. The normalized spacial score (nSPS) is 14.3. The zero-order valence-electron chi connectivity index (χ0n) is 68.0. The maximum Gasteiger partial charge on any atom is 0.472 e. The van der Waals surface area contributed by atoms with Gasteiger partial charge in [0.2, 0.25) is 0 Å². The SMILES string of the molecule is CCCCCC/C=C\C=C/CCCCCCCC(=O)O[C@H](COC(=O)CCCCCCCCCC(C)C)COP(=O)(O)OCC(O)COP(=O)(O)OC[C@@H](COC(=O)CCCCCCCCCCCCCCCCC(C)CC)OC(=O)CCCCCCCCCCCCCCCCCCCCC(C)C. The summed E-state index contributed by atoms with van der Waals surface area (Å²) in [5, 5.41) is 10.7. The zero-order chi connectivity index (χ0) is 76.5. The van der Waals surface area contributed by atoms with Crippen molar-refractivity contribution in [2.45, 2.75) is 439 Å². The number of ether oxygens (including phenoxy) is 4. The minimum absolute atomic E-state index is 0.0843. The average Bonchev–Trinajstić information content (AvgIpc) is 0.908. The highest BCUT2D eigenvalue weighted by atomic mass is 31.2. The van der Waals surface area contributed by atoms with Crippen molar-refractivity contribution in [3.05, 3.63) is 24.3 Å². The molecule has 0 aliphatic rings. The van der Waals surface area contributed by atoms with E-state index in [4.69, 9.17) is 37.0 Å². The van der Waals surface area contributed by atoms with Gasteiger partial charge in [0, 0.05) is 25.7 Å². The lowest BCUT2D eigenvalue weighted by Gasteiger charge is -2.21. The number of phosphoric ester groups is 2. The first-order chi connectivity index (χ1) is 50.3. The van der Waals surface area contributed by atoms with Gasteiger partial charge in [0.15, 0.2) is 12.2 Å². The summed E-state index contributed by atoms with van der Waals surface area (Å²) in [6.45, 7) is 11.9. The van der Waals surface area contributed by atoms with Crippen molar-refractivity contribution in [1.29, 1.82) is 0 Å². The van der Waals surface area contributed by atoms with E-state index in [9.17, 15) is 43.2 Å². The number of unbranched alkanes of at least 4 members (excludes halogenated alkanes) is 45. The van der Waals surface area contributed by atoms with Crippen molar-refractivity contribution in [2.24, 2.45) is 17.8 Å². The first kappa shape index (κ1) is 102. The summed E-state index contributed by atoms with van der Waals surface area (Å²) < 4.78 is 68.8. The van der Waals surface area contributed by atoms with E-state index >= 15 is 0 Å². The van der Waals surface area contributed by atoms with Gasteiger partial charge in [-0.1, -0.05) is 368 Å². The third-order valence-corrected chi connectivity index (χ3v) is 21.5. The Hall–Kier alpha value is -2.46. The van der Waals surface area contributed by atoms with E-state index in [0.29, 0.717) is 31.6 Å². The predicted molar refractivity (Wildman–Crippen MR) is 427 cm³/mol. The summed E-state index contributed by atoms with van der Waals surface area (Å²) in [6.07, 6.45) is 67.5. The second kappa shape index (κ2) is 74.6. The molecule has 0 rings (SSSR count). The number of aliphatic hydroxyl groups excluding tert-OH is 1. The number of rotatable bonds is 81. The molecular weight excluding hydrogens is 1350 g/mol. The molecule has 0 heterocycles. The summed E-state index contributed by atoms with van der Waals surface area (Å²) in [7, 11) is -9.94. The molecule has 0 aliphatic heterocycles. The molecule has 4 unspecified atom stereocenters. The van der Waals surface area contributed by atoms with Crippen LogP contribution < -0.4 is 0 Å². The molecule has 0 spiro atoms. The number of carbonyl (C=O) groups is 4. The number of phosphoric acid groups is 2. The summed E-state index contributed by atoms with van der Waals surface area (Å²) in [5.74, 6) is 0.232. The number of hydrogen-bond donors (Lipinski definition) is 3.